The Kier molecular flexibility index (Phi) is 4.73. The molecule has 0 aliphatic carbocycles. The number of ether oxygens (including phenoxy) is 1. The van der Waals surface area contributed by atoms with Crippen molar-refractivity contribution < 1.29 is 4.74 Å². The zero-order valence-electron chi connectivity index (χ0n) is 14.9. The fourth-order valence-electron chi connectivity index (χ4n) is 4.13. The number of nitrogens with one attached hydrogen (secondary N) is 1. The minimum Gasteiger partial charge on any atom is -0.373 e. The van der Waals surface area contributed by atoms with Gasteiger partial charge < -0.3 is 10.1 Å². The van der Waals surface area contributed by atoms with E-state index in [1.165, 1.54) is 11.1 Å². The number of aryl methyl sites for hydroxylation is 1. The molecule has 1 atom stereocenters. The molecule has 2 aromatic rings. The van der Waals surface area contributed by atoms with Crippen LogP contribution in [0.15, 0.2) is 48.7 Å². The number of piperidine rings is 1. The molecule has 0 amide bonds. The highest BCUT2D eigenvalue weighted by Gasteiger charge is 2.42. The maximum absolute atomic E-state index is 6.27. The molecule has 25 heavy (non-hydrogen) atoms. The van der Waals surface area contributed by atoms with Crippen molar-refractivity contribution in [3.05, 3.63) is 59.8 Å². The molecule has 1 aromatic carbocycles. The molecule has 4 rings (SSSR count). The Bertz CT molecular complexity index is 695. The first-order chi connectivity index (χ1) is 12.2. The van der Waals surface area contributed by atoms with Crippen molar-refractivity contribution in [3.63, 3.8) is 0 Å². The Morgan fingerprint density at radius 3 is 2.84 bits per heavy atom. The highest BCUT2D eigenvalue weighted by Crippen LogP contribution is 2.37. The van der Waals surface area contributed by atoms with Crippen LogP contribution >= 0.6 is 0 Å². The highest BCUT2D eigenvalue weighted by molar-refractivity contribution is 5.35. The van der Waals surface area contributed by atoms with Crippen LogP contribution in [-0.2, 0) is 11.3 Å². The van der Waals surface area contributed by atoms with E-state index in [-0.39, 0.29) is 5.60 Å². The lowest BCUT2D eigenvalue weighted by molar-refractivity contribution is -0.0448. The largest absolute Gasteiger partial charge is 0.373 e. The first-order valence-electron chi connectivity index (χ1n) is 9.30. The maximum atomic E-state index is 6.27. The van der Waals surface area contributed by atoms with Crippen LogP contribution in [0.1, 0.15) is 30.4 Å². The molecule has 1 N–H and O–H groups in total. The summed E-state index contributed by atoms with van der Waals surface area (Å²) in [5.41, 5.74) is 2.82. The summed E-state index contributed by atoms with van der Waals surface area (Å²) in [4.78, 5) is 6.93. The topological polar surface area (TPSA) is 37.4 Å². The minimum atomic E-state index is 0.0650. The molecule has 4 heteroatoms. The van der Waals surface area contributed by atoms with Gasteiger partial charge in [-0.05, 0) is 43.9 Å². The molecule has 2 saturated heterocycles. The van der Waals surface area contributed by atoms with Gasteiger partial charge in [0.15, 0.2) is 0 Å². The summed E-state index contributed by atoms with van der Waals surface area (Å²) in [5, 5.41) is 3.52. The average molecular weight is 337 g/mol. The van der Waals surface area contributed by atoms with Gasteiger partial charge in [-0.3, -0.25) is 4.90 Å². The van der Waals surface area contributed by atoms with Crippen molar-refractivity contribution in [2.24, 2.45) is 0 Å². The predicted octanol–water partition coefficient (Wildman–Crippen LogP) is 3.63. The summed E-state index contributed by atoms with van der Waals surface area (Å²) in [7, 11) is 0. The zero-order valence-corrected chi connectivity index (χ0v) is 14.9. The number of rotatable bonds is 4. The molecule has 2 aliphatic heterocycles. The lowest BCUT2D eigenvalue weighted by Crippen LogP contribution is -2.44. The van der Waals surface area contributed by atoms with Gasteiger partial charge in [0.05, 0.1) is 18.2 Å². The van der Waals surface area contributed by atoms with Crippen molar-refractivity contribution in [1.82, 2.24) is 9.88 Å². The monoisotopic (exact) mass is 337 g/mol. The number of hydrogen-bond acceptors (Lipinski definition) is 4. The third-order valence-electron chi connectivity index (χ3n) is 5.48. The quantitative estimate of drug-likeness (QED) is 0.924. The molecular formula is C21H27N3O. The SMILES string of the molecule is Cc1cccc(CN2CCC3(CC2)CC(Nc2ccccn2)CO3)c1. The van der Waals surface area contributed by atoms with Crippen molar-refractivity contribution in [2.75, 3.05) is 25.0 Å². The van der Waals surface area contributed by atoms with Crippen LogP contribution in [0.25, 0.3) is 0 Å². The smallest absolute Gasteiger partial charge is 0.126 e. The fourth-order valence-corrected chi connectivity index (χ4v) is 4.13. The summed E-state index contributed by atoms with van der Waals surface area (Å²) in [6, 6.07) is 15.2. The predicted molar refractivity (Wildman–Crippen MR) is 101 cm³/mol. The van der Waals surface area contributed by atoms with Crippen molar-refractivity contribution in [3.8, 4) is 0 Å². The minimum absolute atomic E-state index is 0.0650. The van der Waals surface area contributed by atoms with Crippen LogP contribution in [0, 0.1) is 6.92 Å². The third-order valence-corrected chi connectivity index (χ3v) is 5.48. The van der Waals surface area contributed by atoms with E-state index < -0.39 is 0 Å². The summed E-state index contributed by atoms with van der Waals surface area (Å²) in [5.74, 6) is 0.949. The van der Waals surface area contributed by atoms with E-state index in [1.54, 1.807) is 0 Å². The van der Waals surface area contributed by atoms with E-state index in [0.717, 1.165) is 51.3 Å². The van der Waals surface area contributed by atoms with Crippen LogP contribution in [0.3, 0.4) is 0 Å². The Labute approximate surface area is 150 Å². The molecule has 4 nitrogen and oxygen atoms in total. The first kappa shape index (κ1) is 16.6. The van der Waals surface area contributed by atoms with Gasteiger partial charge in [0.25, 0.3) is 0 Å². The summed E-state index contributed by atoms with van der Waals surface area (Å²) in [6.45, 7) is 6.23. The molecule has 1 unspecified atom stereocenters. The molecule has 2 fully saturated rings. The molecule has 0 radical (unpaired) electrons. The van der Waals surface area contributed by atoms with Gasteiger partial charge >= 0.3 is 0 Å². The lowest BCUT2D eigenvalue weighted by Gasteiger charge is -2.38. The van der Waals surface area contributed by atoms with Gasteiger partial charge in [-0.15, -0.1) is 0 Å². The van der Waals surface area contributed by atoms with Crippen LogP contribution in [0.4, 0.5) is 5.82 Å². The van der Waals surface area contributed by atoms with Gasteiger partial charge in [0, 0.05) is 25.8 Å². The highest BCUT2D eigenvalue weighted by atomic mass is 16.5. The van der Waals surface area contributed by atoms with Crippen molar-refractivity contribution in [1.29, 1.82) is 0 Å². The Balaban J connectivity index is 1.29. The van der Waals surface area contributed by atoms with Crippen molar-refractivity contribution >= 4 is 5.82 Å². The van der Waals surface area contributed by atoms with E-state index >= 15 is 0 Å². The molecule has 3 heterocycles. The summed E-state index contributed by atoms with van der Waals surface area (Å²) in [6.07, 6.45) is 5.16. The van der Waals surface area contributed by atoms with Gasteiger partial charge in [-0.1, -0.05) is 35.9 Å². The molecule has 1 spiro atoms. The molecular weight excluding hydrogens is 310 g/mol. The van der Waals surface area contributed by atoms with Gasteiger partial charge in [0.2, 0.25) is 0 Å². The Hall–Kier alpha value is -1.91. The fraction of sp³-hybridized carbons (Fsp3) is 0.476. The van der Waals surface area contributed by atoms with E-state index in [1.807, 2.05) is 24.4 Å². The van der Waals surface area contributed by atoms with E-state index in [0.29, 0.717) is 6.04 Å². The number of nitrogens with zero attached hydrogens (tertiary/aromatic N) is 2. The third kappa shape index (κ3) is 4.02. The second-order valence-electron chi connectivity index (χ2n) is 7.52. The number of pyridine rings is 1. The van der Waals surface area contributed by atoms with E-state index in [9.17, 15) is 0 Å². The summed E-state index contributed by atoms with van der Waals surface area (Å²) < 4.78 is 6.27. The van der Waals surface area contributed by atoms with E-state index in [2.05, 4.69) is 46.4 Å². The van der Waals surface area contributed by atoms with E-state index in [4.69, 9.17) is 4.74 Å². The second kappa shape index (κ2) is 7.14. The van der Waals surface area contributed by atoms with Crippen LogP contribution in [-0.4, -0.2) is 41.2 Å². The molecule has 132 valence electrons. The van der Waals surface area contributed by atoms with Crippen LogP contribution in [0.2, 0.25) is 0 Å². The number of benzene rings is 1. The number of anilines is 1. The van der Waals surface area contributed by atoms with Crippen LogP contribution < -0.4 is 5.32 Å². The van der Waals surface area contributed by atoms with Gasteiger partial charge in [0.1, 0.15) is 5.82 Å². The Morgan fingerprint density at radius 1 is 1.20 bits per heavy atom. The Morgan fingerprint density at radius 2 is 2.08 bits per heavy atom. The lowest BCUT2D eigenvalue weighted by atomic mass is 9.87. The zero-order chi connectivity index (χ0) is 17.1. The molecule has 2 aliphatic rings. The number of likely N-dealkylation sites (tertiary alicyclic amines) is 1. The molecule has 0 saturated carbocycles. The maximum Gasteiger partial charge on any atom is 0.126 e. The average Bonchev–Trinajstić information content (AvgIpc) is 3.01. The summed E-state index contributed by atoms with van der Waals surface area (Å²) >= 11 is 0. The number of hydrogen-bond donors (Lipinski definition) is 1. The van der Waals surface area contributed by atoms with Crippen LogP contribution in [0.5, 0.6) is 0 Å². The van der Waals surface area contributed by atoms with Crippen molar-refractivity contribution in [2.45, 2.75) is 44.4 Å². The standard InChI is InChI=1S/C21H27N3O/c1-17-5-4-6-18(13-17)15-24-11-8-21(9-12-24)14-19(16-25-21)23-20-7-2-3-10-22-20/h2-7,10,13,19H,8-9,11-12,14-16H2,1H3,(H,22,23). The van der Waals surface area contributed by atoms with Gasteiger partial charge in [-0.2, -0.15) is 0 Å². The molecule has 1 aromatic heterocycles. The first-order valence-corrected chi connectivity index (χ1v) is 9.30. The normalized spacial score (nSPS) is 23.0. The molecule has 0 bridgehead atoms. The second-order valence-corrected chi connectivity index (χ2v) is 7.52. The van der Waals surface area contributed by atoms with Gasteiger partial charge in [-0.25, -0.2) is 4.98 Å². The number of aromatic nitrogens is 1.